The fourth-order valence-electron chi connectivity index (χ4n) is 6.32. The highest BCUT2D eigenvalue weighted by atomic mass is 35.5. The predicted octanol–water partition coefficient (Wildman–Crippen LogP) is 5.48. The minimum atomic E-state index is -0.723. The standard InChI is InChI=1S/C31H24Cl2N2O6/c32-23-13-10-21(15-24(23)33)28(37)34(35-29(38)26-19-6-7-20(14-19)27(26)30(35)39)16-25(36)17-8-11-22(12-9-17)41-31(40)18-4-2-1-3-5-18/h1-5,8-13,15,19-20,26-27H,6-7,14,16H2/t19-,20-,26-,27-/m0/s1. The summed E-state index contributed by atoms with van der Waals surface area (Å²) in [6, 6.07) is 18.5. The fourth-order valence-corrected chi connectivity index (χ4v) is 6.62. The lowest BCUT2D eigenvalue weighted by Crippen LogP contribution is -2.52. The molecule has 41 heavy (non-hydrogen) atoms. The molecule has 8 nitrogen and oxygen atoms in total. The first-order chi connectivity index (χ1) is 19.7. The van der Waals surface area contributed by atoms with E-state index in [-0.39, 0.29) is 38.8 Å². The van der Waals surface area contributed by atoms with Crippen LogP contribution in [0.5, 0.6) is 5.75 Å². The first-order valence-corrected chi connectivity index (χ1v) is 14.0. The van der Waals surface area contributed by atoms with Crippen molar-refractivity contribution >= 4 is 52.7 Å². The van der Waals surface area contributed by atoms with Crippen LogP contribution >= 0.6 is 23.2 Å². The van der Waals surface area contributed by atoms with Gasteiger partial charge in [0.1, 0.15) is 12.3 Å². The Hall–Kier alpha value is -4.01. The summed E-state index contributed by atoms with van der Waals surface area (Å²) in [5.41, 5.74) is 0.661. The molecule has 208 valence electrons. The maximum absolute atomic E-state index is 13.7. The number of rotatable bonds is 7. The molecule has 3 fully saturated rings. The number of carbonyl (C=O) groups is 5. The zero-order valence-electron chi connectivity index (χ0n) is 21.7. The summed E-state index contributed by atoms with van der Waals surface area (Å²) in [6.45, 7) is -0.561. The summed E-state index contributed by atoms with van der Waals surface area (Å²) in [6.07, 6.45) is 2.58. The van der Waals surface area contributed by atoms with E-state index in [0.717, 1.165) is 29.3 Å². The van der Waals surface area contributed by atoms with Crippen molar-refractivity contribution in [2.75, 3.05) is 6.54 Å². The molecule has 6 rings (SSSR count). The molecule has 3 aliphatic rings. The molecule has 4 atom stereocenters. The largest absolute Gasteiger partial charge is 0.423 e. The number of esters is 1. The number of halogens is 2. The molecule has 0 unspecified atom stereocenters. The highest BCUT2D eigenvalue weighted by molar-refractivity contribution is 6.42. The van der Waals surface area contributed by atoms with Crippen LogP contribution in [0.3, 0.4) is 0 Å². The Kier molecular flexibility index (Phi) is 7.13. The lowest BCUT2D eigenvalue weighted by Gasteiger charge is -2.31. The van der Waals surface area contributed by atoms with Gasteiger partial charge in [-0.1, -0.05) is 41.4 Å². The van der Waals surface area contributed by atoms with Crippen molar-refractivity contribution in [2.24, 2.45) is 23.7 Å². The van der Waals surface area contributed by atoms with Crippen molar-refractivity contribution < 1.29 is 28.7 Å². The number of ether oxygens (including phenoxy) is 1. The molecule has 0 spiro atoms. The molecule has 2 bridgehead atoms. The molecular formula is C31H24Cl2N2O6. The van der Waals surface area contributed by atoms with Crippen LogP contribution in [-0.2, 0) is 9.59 Å². The first kappa shape index (κ1) is 27.2. The van der Waals surface area contributed by atoms with Gasteiger partial charge in [0.25, 0.3) is 17.7 Å². The fraction of sp³-hybridized carbons (Fsp3) is 0.258. The molecule has 1 heterocycles. The van der Waals surface area contributed by atoms with Gasteiger partial charge in [-0.2, -0.15) is 5.01 Å². The van der Waals surface area contributed by atoms with Crippen LogP contribution in [0.1, 0.15) is 50.3 Å². The molecule has 0 radical (unpaired) electrons. The van der Waals surface area contributed by atoms with E-state index in [9.17, 15) is 24.0 Å². The number of hydrazine groups is 1. The number of imide groups is 1. The molecule has 3 amide bonds. The normalized spacial score (nSPS) is 22.5. The number of Topliss-reactive ketones (excluding diaryl/α,β-unsaturated/α-hetero) is 1. The van der Waals surface area contributed by atoms with E-state index in [1.165, 1.54) is 42.5 Å². The highest BCUT2D eigenvalue weighted by Crippen LogP contribution is 2.56. The highest BCUT2D eigenvalue weighted by Gasteiger charge is 2.62. The monoisotopic (exact) mass is 590 g/mol. The minimum Gasteiger partial charge on any atom is -0.423 e. The lowest BCUT2D eigenvalue weighted by molar-refractivity contribution is -0.155. The van der Waals surface area contributed by atoms with Crippen LogP contribution in [-0.4, -0.2) is 46.0 Å². The number of carbonyl (C=O) groups excluding carboxylic acids is 5. The van der Waals surface area contributed by atoms with Crippen molar-refractivity contribution in [1.82, 2.24) is 10.0 Å². The summed E-state index contributed by atoms with van der Waals surface area (Å²) < 4.78 is 5.38. The van der Waals surface area contributed by atoms with Gasteiger partial charge in [0, 0.05) is 11.1 Å². The van der Waals surface area contributed by atoms with Crippen LogP contribution < -0.4 is 4.74 Å². The van der Waals surface area contributed by atoms with Gasteiger partial charge < -0.3 is 4.74 Å². The van der Waals surface area contributed by atoms with Crippen LogP contribution in [0.4, 0.5) is 0 Å². The van der Waals surface area contributed by atoms with E-state index in [2.05, 4.69) is 0 Å². The van der Waals surface area contributed by atoms with E-state index in [4.69, 9.17) is 27.9 Å². The second kappa shape index (κ2) is 10.8. The molecule has 3 aromatic carbocycles. The smallest absolute Gasteiger partial charge is 0.343 e. The van der Waals surface area contributed by atoms with Crippen LogP contribution in [0.2, 0.25) is 10.0 Å². The van der Waals surface area contributed by atoms with Gasteiger partial charge >= 0.3 is 5.97 Å². The second-order valence-electron chi connectivity index (χ2n) is 10.6. The number of hydrogen-bond donors (Lipinski definition) is 0. The molecule has 2 aliphatic carbocycles. The summed E-state index contributed by atoms with van der Waals surface area (Å²) in [4.78, 5) is 66.7. The quantitative estimate of drug-likeness (QED) is 0.156. The average molecular weight is 591 g/mol. The first-order valence-electron chi connectivity index (χ1n) is 13.3. The molecule has 3 aromatic rings. The topological polar surface area (TPSA) is 101 Å². The Balaban J connectivity index is 1.25. The minimum absolute atomic E-state index is 0.0796. The molecule has 10 heteroatoms. The maximum Gasteiger partial charge on any atom is 0.343 e. The number of fused-ring (bicyclic) bond motifs is 5. The Labute approximate surface area is 245 Å². The third kappa shape index (κ3) is 4.91. The van der Waals surface area contributed by atoms with E-state index >= 15 is 0 Å². The Bertz CT molecular complexity index is 1550. The number of ketones is 1. The Morgan fingerprint density at radius 1 is 0.780 bits per heavy atom. The molecular weight excluding hydrogens is 567 g/mol. The van der Waals surface area contributed by atoms with Gasteiger partial charge in [0.2, 0.25) is 0 Å². The van der Waals surface area contributed by atoms with E-state index in [0.29, 0.717) is 5.56 Å². The van der Waals surface area contributed by atoms with Gasteiger partial charge in [-0.15, -0.1) is 0 Å². The maximum atomic E-state index is 13.7. The zero-order chi connectivity index (χ0) is 28.8. The van der Waals surface area contributed by atoms with Crippen LogP contribution in [0, 0.1) is 23.7 Å². The zero-order valence-corrected chi connectivity index (χ0v) is 23.2. The molecule has 1 aliphatic heterocycles. The van der Waals surface area contributed by atoms with Gasteiger partial charge in [-0.25, -0.2) is 9.80 Å². The Morgan fingerprint density at radius 3 is 2.00 bits per heavy atom. The van der Waals surface area contributed by atoms with Crippen LogP contribution in [0.25, 0.3) is 0 Å². The predicted molar refractivity (Wildman–Crippen MR) is 149 cm³/mol. The summed E-state index contributed by atoms with van der Waals surface area (Å²) in [5, 5.41) is 2.16. The molecule has 0 N–H and O–H groups in total. The van der Waals surface area contributed by atoms with Crippen molar-refractivity contribution in [3.8, 4) is 5.75 Å². The number of amides is 3. The molecule has 1 saturated heterocycles. The summed E-state index contributed by atoms with van der Waals surface area (Å²) in [5.74, 6) is -3.18. The second-order valence-corrected chi connectivity index (χ2v) is 11.4. The average Bonchev–Trinajstić information content (AvgIpc) is 3.67. The van der Waals surface area contributed by atoms with Gasteiger partial charge in [0.15, 0.2) is 5.78 Å². The van der Waals surface area contributed by atoms with Crippen molar-refractivity contribution in [3.63, 3.8) is 0 Å². The van der Waals surface area contributed by atoms with Crippen LogP contribution in [0.15, 0.2) is 72.8 Å². The van der Waals surface area contributed by atoms with Crippen molar-refractivity contribution in [3.05, 3.63) is 99.5 Å². The van der Waals surface area contributed by atoms with E-state index in [1.54, 1.807) is 30.3 Å². The third-order valence-electron chi connectivity index (χ3n) is 8.24. The number of hydrogen-bond acceptors (Lipinski definition) is 6. The van der Waals surface area contributed by atoms with E-state index in [1.807, 2.05) is 0 Å². The molecule has 2 saturated carbocycles. The number of nitrogens with zero attached hydrogens (tertiary/aromatic N) is 2. The SMILES string of the molecule is O=C(CN(C(=O)c1ccc(Cl)c(Cl)c1)N1C(=O)[C@H]2[C@H]3CC[C@@H](C3)[C@@H]2C1=O)c1ccc(OC(=O)c2ccccc2)cc1. The third-order valence-corrected chi connectivity index (χ3v) is 8.98. The van der Waals surface area contributed by atoms with Gasteiger partial charge in [0.05, 0.1) is 27.4 Å². The molecule has 0 aromatic heterocycles. The van der Waals surface area contributed by atoms with Gasteiger partial charge in [-0.05, 0) is 85.7 Å². The number of benzene rings is 3. The van der Waals surface area contributed by atoms with E-state index < -0.39 is 47.9 Å². The van der Waals surface area contributed by atoms with Crippen molar-refractivity contribution in [1.29, 1.82) is 0 Å². The summed E-state index contributed by atoms with van der Waals surface area (Å²) >= 11 is 12.2. The van der Waals surface area contributed by atoms with Crippen molar-refractivity contribution in [2.45, 2.75) is 19.3 Å². The van der Waals surface area contributed by atoms with Gasteiger partial charge in [-0.3, -0.25) is 19.2 Å². The summed E-state index contributed by atoms with van der Waals surface area (Å²) in [7, 11) is 0. The Morgan fingerprint density at radius 2 is 1.39 bits per heavy atom. The lowest BCUT2D eigenvalue weighted by atomic mass is 9.81.